The zero-order chi connectivity index (χ0) is 19.2. The molecule has 1 aromatic heterocycles. The number of nitrogens with zero attached hydrogens (tertiary/aromatic N) is 2. The van der Waals surface area contributed by atoms with E-state index < -0.39 is 0 Å². The van der Waals surface area contributed by atoms with E-state index in [9.17, 15) is 0 Å². The first-order valence-electron chi connectivity index (χ1n) is 8.12. The molecule has 2 aromatic carbocycles. The Balaban J connectivity index is 1.78. The predicted molar refractivity (Wildman–Crippen MR) is 118 cm³/mol. The van der Waals surface area contributed by atoms with Crippen molar-refractivity contribution >= 4 is 54.5 Å². The van der Waals surface area contributed by atoms with Crippen molar-refractivity contribution < 1.29 is 9.47 Å². The quantitative estimate of drug-likeness (QED) is 0.304. The Morgan fingerprint density at radius 1 is 1.22 bits per heavy atom. The molecule has 5 nitrogen and oxygen atoms in total. The van der Waals surface area contributed by atoms with Crippen LogP contribution in [0.15, 0.2) is 55.8 Å². The summed E-state index contributed by atoms with van der Waals surface area (Å²) in [5.41, 5.74) is 5.82. The number of thiazole rings is 1. The third kappa shape index (κ3) is 4.69. The van der Waals surface area contributed by atoms with Gasteiger partial charge in [0.1, 0.15) is 0 Å². The van der Waals surface area contributed by atoms with Crippen LogP contribution in [0.25, 0.3) is 11.3 Å². The van der Waals surface area contributed by atoms with Crippen LogP contribution in [0.4, 0.5) is 5.13 Å². The van der Waals surface area contributed by atoms with E-state index in [0.717, 1.165) is 30.9 Å². The molecule has 0 amide bonds. The molecule has 0 spiro atoms. The van der Waals surface area contributed by atoms with Gasteiger partial charge in [-0.25, -0.2) is 4.98 Å². The SMILES string of the molecule is CCOc1cc(C=NNc2nc(-c3ccccc3)cs2)c(Br)c(Br)c1OC. The zero-order valence-corrected chi connectivity index (χ0v) is 18.7. The van der Waals surface area contributed by atoms with E-state index in [1.165, 1.54) is 11.3 Å². The maximum atomic E-state index is 5.65. The Kier molecular flexibility index (Phi) is 6.87. The van der Waals surface area contributed by atoms with E-state index in [0.29, 0.717) is 18.1 Å². The lowest BCUT2D eigenvalue weighted by Gasteiger charge is -2.13. The summed E-state index contributed by atoms with van der Waals surface area (Å²) in [5, 5.41) is 7.02. The summed E-state index contributed by atoms with van der Waals surface area (Å²) < 4.78 is 12.7. The van der Waals surface area contributed by atoms with Crippen LogP contribution in [0.3, 0.4) is 0 Å². The van der Waals surface area contributed by atoms with Crippen LogP contribution in [0.2, 0.25) is 0 Å². The second-order valence-electron chi connectivity index (χ2n) is 5.33. The van der Waals surface area contributed by atoms with Gasteiger partial charge in [0.2, 0.25) is 5.13 Å². The third-order valence-corrected chi connectivity index (χ3v) is 6.49. The molecule has 8 heteroatoms. The summed E-state index contributed by atoms with van der Waals surface area (Å²) in [6.07, 6.45) is 1.71. The van der Waals surface area contributed by atoms with Gasteiger partial charge in [-0.3, -0.25) is 5.43 Å². The minimum atomic E-state index is 0.542. The van der Waals surface area contributed by atoms with E-state index in [2.05, 4.69) is 47.4 Å². The van der Waals surface area contributed by atoms with Gasteiger partial charge in [0.05, 0.1) is 30.1 Å². The van der Waals surface area contributed by atoms with Crippen LogP contribution in [0.5, 0.6) is 11.5 Å². The number of aromatic nitrogens is 1. The van der Waals surface area contributed by atoms with Crippen LogP contribution in [-0.2, 0) is 0 Å². The Labute approximate surface area is 178 Å². The van der Waals surface area contributed by atoms with Gasteiger partial charge in [-0.15, -0.1) is 11.3 Å². The van der Waals surface area contributed by atoms with Crippen LogP contribution in [-0.4, -0.2) is 24.9 Å². The van der Waals surface area contributed by atoms with E-state index in [1.807, 2.05) is 48.7 Å². The van der Waals surface area contributed by atoms with Crippen molar-refractivity contribution in [1.29, 1.82) is 0 Å². The average molecular weight is 511 g/mol. The summed E-state index contributed by atoms with van der Waals surface area (Å²) in [5.74, 6) is 1.29. The highest BCUT2D eigenvalue weighted by Gasteiger charge is 2.15. The van der Waals surface area contributed by atoms with Crippen molar-refractivity contribution in [3.63, 3.8) is 0 Å². The van der Waals surface area contributed by atoms with Gasteiger partial charge in [0.25, 0.3) is 0 Å². The molecule has 0 fully saturated rings. The molecule has 0 aliphatic carbocycles. The lowest BCUT2D eigenvalue weighted by Crippen LogP contribution is -1.99. The van der Waals surface area contributed by atoms with Gasteiger partial charge in [-0.2, -0.15) is 5.10 Å². The number of rotatable bonds is 7. The van der Waals surface area contributed by atoms with Crippen LogP contribution in [0, 0.1) is 0 Å². The van der Waals surface area contributed by atoms with E-state index >= 15 is 0 Å². The molecule has 0 saturated heterocycles. The largest absolute Gasteiger partial charge is 0.492 e. The van der Waals surface area contributed by atoms with Gasteiger partial charge in [0, 0.05) is 21.0 Å². The molecule has 1 N–H and O–H groups in total. The van der Waals surface area contributed by atoms with Gasteiger partial charge in [-0.1, -0.05) is 30.3 Å². The first-order chi connectivity index (χ1) is 13.1. The predicted octanol–water partition coefficient (Wildman–Crippen LogP) is 6.19. The van der Waals surface area contributed by atoms with Crippen LogP contribution in [0.1, 0.15) is 12.5 Å². The van der Waals surface area contributed by atoms with Crippen molar-refractivity contribution in [2.45, 2.75) is 6.92 Å². The molecule has 0 unspecified atom stereocenters. The highest BCUT2D eigenvalue weighted by atomic mass is 79.9. The highest BCUT2D eigenvalue weighted by molar-refractivity contribution is 9.13. The molecule has 3 rings (SSSR count). The lowest BCUT2D eigenvalue weighted by atomic mass is 10.2. The normalized spacial score (nSPS) is 11.0. The second kappa shape index (κ2) is 9.34. The molecule has 3 aromatic rings. The third-order valence-electron chi connectivity index (χ3n) is 3.60. The second-order valence-corrected chi connectivity index (χ2v) is 7.78. The van der Waals surface area contributed by atoms with Crippen LogP contribution < -0.4 is 14.9 Å². The standard InChI is InChI=1S/C19H17Br2N3O2S/c1-3-26-15-9-13(16(20)17(21)18(15)25-2)10-22-24-19-23-14(11-27-19)12-7-5-4-6-8-12/h4-11H,3H2,1-2H3,(H,23,24). The van der Waals surface area contributed by atoms with Gasteiger partial charge >= 0.3 is 0 Å². The van der Waals surface area contributed by atoms with Gasteiger partial charge in [-0.05, 0) is 44.8 Å². The summed E-state index contributed by atoms with van der Waals surface area (Å²) in [6, 6.07) is 11.9. The van der Waals surface area contributed by atoms with Crippen molar-refractivity contribution in [1.82, 2.24) is 4.98 Å². The fourth-order valence-corrected chi connectivity index (χ4v) is 4.03. The molecule has 0 bridgehead atoms. The molecule has 0 aliphatic heterocycles. The number of hydrazone groups is 1. The lowest BCUT2D eigenvalue weighted by molar-refractivity contribution is 0.309. The summed E-state index contributed by atoms with van der Waals surface area (Å²) in [4.78, 5) is 4.55. The number of benzene rings is 2. The molecule has 140 valence electrons. The van der Waals surface area contributed by atoms with Crippen molar-refractivity contribution in [2.24, 2.45) is 5.10 Å². The fraction of sp³-hybridized carbons (Fsp3) is 0.158. The van der Waals surface area contributed by atoms with Gasteiger partial charge < -0.3 is 9.47 Å². The number of anilines is 1. The fourth-order valence-electron chi connectivity index (χ4n) is 2.38. The Morgan fingerprint density at radius 3 is 2.70 bits per heavy atom. The number of hydrogen-bond donors (Lipinski definition) is 1. The van der Waals surface area contributed by atoms with E-state index in [4.69, 9.17) is 9.47 Å². The number of nitrogens with one attached hydrogen (secondary N) is 1. The molecule has 0 atom stereocenters. The summed E-state index contributed by atoms with van der Waals surface area (Å²) in [6.45, 7) is 2.47. The minimum absolute atomic E-state index is 0.542. The first-order valence-corrected chi connectivity index (χ1v) is 10.6. The number of halogens is 2. The number of hydrogen-bond acceptors (Lipinski definition) is 6. The minimum Gasteiger partial charge on any atom is -0.492 e. The van der Waals surface area contributed by atoms with E-state index in [-0.39, 0.29) is 0 Å². The summed E-state index contributed by atoms with van der Waals surface area (Å²) >= 11 is 8.60. The molecule has 0 radical (unpaired) electrons. The molecule has 1 heterocycles. The van der Waals surface area contributed by atoms with Gasteiger partial charge in [0.15, 0.2) is 11.5 Å². The average Bonchev–Trinajstić information content (AvgIpc) is 3.16. The Hall–Kier alpha value is -1.90. The Bertz CT molecular complexity index is 946. The van der Waals surface area contributed by atoms with E-state index in [1.54, 1.807) is 13.3 Å². The Morgan fingerprint density at radius 2 is 2.00 bits per heavy atom. The first kappa shape index (κ1) is 19.9. The topological polar surface area (TPSA) is 55.7 Å². The number of methoxy groups -OCH3 is 1. The summed E-state index contributed by atoms with van der Waals surface area (Å²) in [7, 11) is 1.61. The van der Waals surface area contributed by atoms with Crippen LogP contribution >= 0.6 is 43.2 Å². The maximum Gasteiger partial charge on any atom is 0.203 e. The van der Waals surface area contributed by atoms with Crippen molar-refractivity contribution in [3.05, 3.63) is 56.3 Å². The molecule has 27 heavy (non-hydrogen) atoms. The zero-order valence-electron chi connectivity index (χ0n) is 14.7. The van der Waals surface area contributed by atoms with Crippen molar-refractivity contribution in [3.8, 4) is 22.8 Å². The maximum absolute atomic E-state index is 5.65. The monoisotopic (exact) mass is 509 g/mol. The molecular weight excluding hydrogens is 494 g/mol. The molecule has 0 saturated carbocycles. The smallest absolute Gasteiger partial charge is 0.203 e. The molecular formula is C19H17Br2N3O2S. The number of ether oxygens (including phenoxy) is 2. The van der Waals surface area contributed by atoms with Crippen molar-refractivity contribution in [2.75, 3.05) is 19.1 Å². The molecule has 0 aliphatic rings. The highest BCUT2D eigenvalue weighted by Crippen LogP contribution is 2.42.